The molecule has 1 unspecified atom stereocenters. The molecule has 1 atom stereocenters. The van der Waals surface area contributed by atoms with Crippen LogP contribution in [0.5, 0.6) is 0 Å². The van der Waals surface area contributed by atoms with Gasteiger partial charge in [-0.25, -0.2) is 4.68 Å². The van der Waals surface area contributed by atoms with Crippen LogP contribution in [0.3, 0.4) is 0 Å². The van der Waals surface area contributed by atoms with Crippen LogP contribution in [-0.4, -0.2) is 15.0 Å². The maximum absolute atomic E-state index is 6.44. The first-order valence-electron chi connectivity index (χ1n) is 6.64. The number of benzene rings is 2. The van der Waals surface area contributed by atoms with Crippen molar-refractivity contribution in [1.29, 1.82) is 0 Å². The molecule has 0 aliphatic rings. The Bertz CT molecular complexity index is 752. The van der Waals surface area contributed by atoms with E-state index in [1.54, 1.807) is 10.9 Å². The third-order valence-electron chi connectivity index (χ3n) is 3.38. The molecule has 0 radical (unpaired) electrons. The summed E-state index contributed by atoms with van der Waals surface area (Å²) in [5.41, 5.74) is 10.4. The first-order chi connectivity index (χ1) is 10.2. The van der Waals surface area contributed by atoms with Crippen LogP contribution in [0.25, 0.3) is 5.69 Å². The fraction of sp³-hybridized carbons (Fsp3) is 0.125. The summed E-state index contributed by atoms with van der Waals surface area (Å²) in [7, 11) is 0. The molecule has 4 nitrogen and oxygen atoms in total. The second kappa shape index (κ2) is 5.79. The monoisotopic (exact) mass is 342 g/mol. The Kier molecular flexibility index (Phi) is 3.86. The van der Waals surface area contributed by atoms with Crippen LogP contribution in [0.1, 0.15) is 22.9 Å². The van der Waals surface area contributed by atoms with Crippen LogP contribution in [0.2, 0.25) is 0 Å². The lowest BCUT2D eigenvalue weighted by Crippen LogP contribution is -2.17. The molecule has 0 spiro atoms. The van der Waals surface area contributed by atoms with Gasteiger partial charge in [-0.15, -0.1) is 5.10 Å². The maximum atomic E-state index is 6.44. The second-order valence-electron chi connectivity index (χ2n) is 4.91. The smallest absolute Gasteiger partial charge is 0.0858 e. The molecule has 5 heteroatoms. The van der Waals surface area contributed by atoms with Crippen molar-refractivity contribution in [2.24, 2.45) is 5.73 Å². The molecule has 106 valence electrons. The van der Waals surface area contributed by atoms with Crippen LogP contribution in [0, 0.1) is 6.92 Å². The molecule has 0 saturated carbocycles. The summed E-state index contributed by atoms with van der Waals surface area (Å²) in [4.78, 5) is 0. The lowest BCUT2D eigenvalue weighted by atomic mass is 10.0. The van der Waals surface area contributed by atoms with Gasteiger partial charge in [0.05, 0.1) is 23.6 Å². The molecule has 0 saturated heterocycles. The number of para-hydroxylation sites is 1. The van der Waals surface area contributed by atoms with Crippen LogP contribution < -0.4 is 5.73 Å². The molecular formula is C16H15BrN4. The van der Waals surface area contributed by atoms with E-state index in [0.29, 0.717) is 0 Å². The molecule has 3 rings (SSSR count). The Morgan fingerprint density at radius 1 is 1.14 bits per heavy atom. The third-order valence-corrected chi connectivity index (χ3v) is 4.10. The number of hydrogen-bond acceptors (Lipinski definition) is 3. The lowest BCUT2D eigenvalue weighted by molar-refractivity contribution is 0.718. The van der Waals surface area contributed by atoms with E-state index >= 15 is 0 Å². The average Bonchev–Trinajstić information content (AvgIpc) is 2.99. The minimum Gasteiger partial charge on any atom is -0.319 e. The highest BCUT2D eigenvalue weighted by molar-refractivity contribution is 9.10. The Hall–Kier alpha value is -1.98. The Morgan fingerprint density at radius 3 is 2.67 bits per heavy atom. The van der Waals surface area contributed by atoms with Gasteiger partial charge in [0.25, 0.3) is 0 Å². The molecular weight excluding hydrogens is 328 g/mol. The zero-order chi connectivity index (χ0) is 14.8. The molecule has 1 heterocycles. The van der Waals surface area contributed by atoms with Gasteiger partial charge in [-0.2, -0.15) is 0 Å². The van der Waals surface area contributed by atoms with Crippen molar-refractivity contribution in [2.45, 2.75) is 13.0 Å². The van der Waals surface area contributed by atoms with E-state index in [9.17, 15) is 0 Å². The van der Waals surface area contributed by atoms with Gasteiger partial charge in [-0.3, -0.25) is 0 Å². The average molecular weight is 343 g/mol. The SMILES string of the molecule is Cc1ccc(Br)c(C(N)c2cnnn2-c2ccccc2)c1. The van der Waals surface area contributed by atoms with Gasteiger partial charge in [0, 0.05) is 4.47 Å². The summed E-state index contributed by atoms with van der Waals surface area (Å²) in [5.74, 6) is 0. The van der Waals surface area contributed by atoms with Crippen molar-refractivity contribution in [1.82, 2.24) is 15.0 Å². The largest absolute Gasteiger partial charge is 0.319 e. The number of rotatable bonds is 3. The molecule has 0 bridgehead atoms. The fourth-order valence-electron chi connectivity index (χ4n) is 2.29. The van der Waals surface area contributed by atoms with Crippen molar-refractivity contribution in [3.63, 3.8) is 0 Å². The van der Waals surface area contributed by atoms with Crippen LogP contribution in [0.15, 0.2) is 59.2 Å². The summed E-state index contributed by atoms with van der Waals surface area (Å²) in [6, 6.07) is 15.7. The van der Waals surface area contributed by atoms with Gasteiger partial charge in [0.2, 0.25) is 0 Å². The van der Waals surface area contributed by atoms with Crippen molar-refractivity contribution in [2.75, 3.05) is 0 Å². The first-order valence-corrected chi connectivity index (χ1v) is 7.44. The van der Waals surface area contributed by atoms with Crippen molar-refractivity contribution in [3.05, 3.63) is 76.0 Å². The zero-order valence-corrected chi connectivity index (χ0v) is 13.2. The molecule has 21 heavy (non-hydrogen) atoms. The molecule has 3 aromatic rings. The van der Waals surface area contributed by atoms with Gasteiger partial charge < -0.3 is 5.73 Å². The minimum atomic E-state index is -0.297. The highest BCUT2D eigenvalue weighted by atomic mass is 79.9. The highest BCUT2D eigenvalue weighted by Gasteiger charge is 2.18. The Labute approximate surface area is 131 Å². The normalized spacial score (nSPS) is 12.3. The third kappa shape index (κ3) is 2.75. The summed E-state index contributed by atoms with van der Waals surface area (Å²) in [6.07, 6.45) is 1.71. The lowest BCUT2D eigenvalue weighted by Gasteiger charge is -2.16. The van der Waals surface area contributed by atoms with Gasteiger partial charge in [0.15, 0.2) is 0 Å². The maximum Gasteiger partial charge on any atom is 0.0858 e. The Morgan fingerprint density at radius 2 is 1.90 bits per heavy atom. The van der Waals surface area contributed by atoms with Crippen molar-refractivity contribution < 1.29 is 0 Å². The fourth-order valence-corrected chi connectivity index (χ4v) is 2.78. The number of nitrogens with zero attached hydrogens (tertiary/aromatic N) is 3. The summed E-state index contributed by atoms with van der Waals surface area (Å²) in [5, 5.41) is 8.17. The van der Waals surface area contributed by atoms with E-state index in [1.807, 2.05) is 42.5 Å². The molecule has 0 aliphatic carbocycles. The predicted octanol–water partition coefficient (Wildman–Crippen LogP) is 3.39. The van der Waals surface area contributed by atoms with Crippen molar-refractivity contribution >= 4 is 15.9 Å². The number of nitrogens with two attached hydrogens (primary N) is 1. The molecule has 1 aromatic heterocycles. The van der Waals surface area contributed by atoms with Gasteiger partial charge >= 0.3 is 0 Å². The van der Waals surface area contributed by atoms with E-state index in [0.717, 1.165) is 21.4 Å². The zero-order valence-electron chi connectivity index (χ0n) is 11.6. The van der Waals surface area contributed by atoms with E-state index < -0.39 is 0 Å². The predicted molar refractivity (Wildman–Crippen MR) is 86.3 cm³/mol. The summed E-state index contributed by atoms with van der Waals surface area (Å²) in [6.45, 7) is 2.05. The molecule has 0 amide bonds. The van der Waals surface area contributed by atoms with Crippen molar-refractivity contribution in [3.8, 4) is 5.69 Å². The van der Waals surface area contributed by atoms with Crippen LogP contribution >= 0.6 is 15.9 Å². The first kappa shape index (κ1) is 14.0. The highest BCUT2D eigenvalue weighted by Crippen LogP contribution is 2.28. The number of hydrogen-bond donors (Lipinski definition) is 1. The molecule has 2 N–H and O–H groups in total. The second-order valence-corrected chi connectivity index (χ2v) is 5.76. The van der Waals surface area contributed by atoms with E-state index in [-0.39, 0.29) is 6.04 Å². The number of aromatic nitrogens is 3. The van der Waals surface area contributed by atoms with Gasteiger partial charge in [0.1, 0.15) is 0 Å². The van der Waals surface area contributed by atoms with Gasteiger partial charge in [-0.1, -0.05) is 57.0 Å². The van der Waals surface area contributed by atoms with Crippen LogP contribution in [-0.2, 0) is 0 Å². The van der Waals surface area contributed by atoms with Crippen LogP contribution in [0.4, 0.5) is 0 Å². The minimum absolute atomic E-state index is 0.297. The number of aryl methyl sites for hydroxylation is 1. The molecule has 0 aliphatic heterocycles. The number of halogens is 1. The van der Waals surface area contributed by atoms with E-state index in [1.165, 1.54) is 5.56 Å². The molecule has 2 aromatic carbocycles. The van der Waals surface area contributed by atoms with Gasteiger partial charge in [-0.05, 0) is 30.7 Å². The standard InChI is InChI=1S/C16H15BrN4/c1-11-7-8-14(17)13(9-11)16(18)15-10-19-20-21(15)12-5-3-2-4-6-12/h2-10,16H,18H2,1H3. The topological polar surface area (TPSA) is 56.7 Å². The van der Waals surface area contributed by atoms with E-state index in [2.05, 4.69) is 39.2 Å². The molecule has 0 fully saturated rings. The summed E-state index contributed by atoms with van der Waals surface area (Å²) >= 11 is 3.57. The summed E-state index contributed by atoms with van der Waals surface area (Å²) < 4.78 is 2.76. The van der Waals surface area contributed by atoms with E-state index in [4.69, 9.17) is 5.73 Å². The quantitative estimate of drug-likeness (QED) is 0.793. The Balaban J connectivity index is 2.06.